The molecule has 1 aromatic heterocycles. The highest BCUT2D eigenvalue weighted by molar-refractivity contribution is 7.10. The second kappa shape index (κ2) is 4.61. The summed E-state index contributed by atoms with van der Waals surface area (Å²) in [6, 6.07) is 0. The Hall–Kier alpha value is -1.10. The maximum Gasteiger partial charge on any atom is 0.343 e. The Labute approximate surface area is 93.6 Å². The molecule has 0 fully saturated rings. The summed E-state index contributed by atoms with van der Waals surface area (Å²) in [4.78, 5) is 11.7. The quantitative estimate of drug-likeness (QED) is 0.806. The molecule has 0 amide bonds. The van der Waals surface area contributed by atoms with Gasteiger partial charge in [-0.3, -0.25) is 0 Å². The topological polar surface area (TPSA) is 65.2 Å². The van der Waals surface area contributed by atoms with Crippen molar-refractivity contribution in [3.8, 4) is 0 Å². The molecule has 0 aromatic carbocycles. The first kappa shape index (κ1) is 12.0. The number of nitrogen functional groups attached to an aromatic ring is 1. The number of carbonyl (C=O) groups excluding carboxylic acids is 1. The van der Waals surface area contributed by atoms with Crippen molar-refractivity contribution in [1.29, 1.82) is 0 Å². The molecule has 0 aliphatic heterocycles. The van der Waals surface area contributed by atoms with E-state index in [1.54, 1.807) is 6.92 Å². The first-order valence-corrected chi connectivity index (χ1v) is 5.63. The van der Waals surface area contributed by atoms with Crippen LogP contribution in [0.15, 0.2) is 0 Å². The molecule has 5 heteroatoms. The zero-order chi connectivity index (χ0) is 11.6. The summed E-state index contributed by atoms with van der Waals surface area (Å²) in [7, 11) is 0. The summed E-state index contributed by atoms with van der Waals surface area (Å²) in [5.41, 5.74) is 6.70. The SMILES string of the molecule is Cc1nsc(N)c1C(=O)OC(C)C(C)C. The highest BCUT2D eigenvalue weighted by Gasteiger charge is 2.21. The molecule has 0 saturated carbocycles. The molecule has 1 atom stereocenters. The zero-order valence-corrected chi connectivity index (χ0v) is 10.2. The fourth-order valence-corrected chi connectivity index (χ4v) is 1.65. The Balaban J connectivity index is 2.78. The molecule has 84 valence electrons. The Morgan fingerprint density at radius 1 is 1.47 bits per heavy atom. The van der Waals surface area contributed by atoms with Crippen LogP contribution in [0.3, 0.4) is 0 Å². The van der Waals surface area contributed by atoms with Gasteiger partial charge >= 0.3 is 5.97 Å². The lowest BCUT2D eigenvalue weighted by molar-refractivity contribution is 0.0238. The van der Waals surface area contributed by atoms with E-state index in [9.17, 15) is 4.79 Å². The highest BCUT2D eigenvalue weighted by Crippen LogP contribution is 2.22. The van der Waals surface area contributed by atoms with Gasteiger partial charge in [-0.05, 0) is 31.3 Å². The summed E-state index contributed by atoms with van der Waals surface area (Å²) < 4.78 is 9.27. The van der Waals surface area contributed by atoms with Crippen LogP contribution >= 0.6 is 11.5 Å². The molecule has 0 aliphatic carbocycles. The standard InChI is InChI=1S/C10H16N2O2S/c1-5(2)7(4)14-10(13)8-6(3)12-15-9(8)11/h5,7H,11H2,1-4H3. The third kappa shape index (κ3) is 2.68. The normalized spacial score (nSPS) is 12.9. The Morgan fingerprint density at radius 2 is 2.07 bits per heavy atom. The van der Waals surface area contributed by atoms with E-state index in [-0.39, 0.29) is 12.1 Å². The molecule has 1 heterocycles. The van der Waals surface area contributed by atoms with Gasteiger partial charge in [-0.25, -0.2) is 4.79 Å². The average Bonchev–Trinajstić information content (AvgIpc) is 2.45. The van der Waals surface area contributed by atoms with Crippen molar-refractivity contribution in [3.63, 3.8) is 0 Å². The minimum atomic E-state index is -0.375. The number of hydrogen-bond donors (Lipinski definition) is 1. The van der Waals surface area contributed by atoms with Gasteiger partial charge in [0.15, 0.2) is 0 Å². The fraction of sp³-hybridized carbons (Fsp3) is 0.600. The van der Waals surface area contributed by atoms with Gasteiger partial charge in [0.1, 0.15) is 16.7 Å². The summed E-state index contributed by atoms with van der Waals surface area (Å²) in [5.74, 6) is -0.0815. The minimum Gasteiger partial charge on any atom is -0.459 e. The number of rotatable bonds is 3. The van der Waals surface area contributed by atoms with Crippen LogP contribution in [0.25, 0.3) is 0 Å². The van der Waals surface area contributed by atoms with E-state index in [0.717, 1.165) is 11.5 Å². The minimum absolute atomic E-state index is 0.115. The first-order valence-electron chi connectivity index (χ1n) is 4.86. The lowest BCUT2D eigenvalue weighted by Crippen LogP contribution is -2.21. The Morgan fingerprint density at radius 3 is 2.47 bits per heavy atom. The summed E-state index contributed by atoms with van der Waals surface area (Å²) >= 11 is 1.12. The predicted octanol–water partition coefficient (Wildman–Crippen LogP) is 2.24. The van der Waals surface area contributed by atoms with E-state index in [1.165, 1.54) is 0 Å². The monoisotopic (exact) mass is 228 g/mol. The number of esters is 1. The van der Waals surface area contributed by atoms with Gasteiger partial charge < -0.3 is 10.5 Å². The van der Waals surface area contributed by atoms with Crippen LogP contribution in [0, 0.1) is 12.8 Å². The van der Waals surface area contributed by atoms with Crippen molar-refractivity contribution in [3.05, 3.63) is 11.3 Å². The van der Waals surface area contributed by atoms with Crippen molar-refractivity contribution in [2.75, 3.05) is 5.73 Å². The molecule has 0 radical (unpaired) electrons. The van der Waals surface area contributed by atoms with Gasteiger partial charge in [0.25, 0.3) is 0 Å². The van der Waals surface area contributed by atoms with E-state index < -0.39 is 0 Å². The van der Waals surface area contributed by atoms with Crippen LogP contribution in [-0.2, 0) is 4.74 Å². The Kier molecular flexibility index (Phi) is 3.68. The molecular formula is C10H16N2O2S. The van der Waals surface area contributed by atoms with Crippen molar-refractivity contribution in [2.45, 2.75) is 33.8 Å². The van der Waals surface area contributed by atoms with E-state index in [0.29, 0.717) is 22.2 Å². The van der Waals surface area contributed by atoms with E-state index in [1.807, 2.05) is 20.8 Å². The Bertz CT molecular complexity index is 341. The molecule has 0 bridgehead atoms. The molecule has 1 unspecified atom stereocenters. The molecule has 1 aromatic rings. The number of carbonyl (C=O) groups is 1. The number of aromatic nitrogens is 1. The van der Waals surface area contributed by atoms with Gasteiger partial charge in [-0.2, -0.15) is 4.37 Å². The number of ether oxygens (including phenoxy) is 1. The van der Waals surface area contributed by atoms with Crippen LogP contribution in [0.1, 0.15) is 36.8 Å². The zero-order valence-electron chi connectivity index (χ0n) is 9.40. The van der Waals surface area contributed by atoms with E-state index >= 15 is 0 Å². The second-order valence-corrected chi connectivity index (χ2v) is 4.67. The van der Waals surface area contributed by atoms with Gasteiger partial charge in [-0.1, -0.05) is 13.8 Å². The van der Waals surface area contributed by atoms with Crippen molar-refractivity contribution >= 4 is 22.5 Å². The molecule has 1 rings (SSSR count). The molecule has 4 nitrogen and oxygen atoms in total. The van der Waals surface area contributed by atoms with Crippen molar-refractivity contribution in [1.82, 2.24) is 4.37 Å². The van der Waals surface area contributed by atoms with Crippen LogP contribution in [0.2, 0.25) is 0 Å². The van der Waals surface area contributed by atoms with Gasteiger partial charge in [0.2, 0.25) is 0 Å². The van der Waals surface area contributed by atoms with Crippen LogP contribution < -0.4 is 5.73 Å². The van der Waals surface area contributed by atoms with E-state index in [2.05, 4.69) is 4.37 Å². The van der Waals surface area contributed by atoms with E-state index in [4.69, 9.17) is 10.5 Å². The third-order valence-corrected chi connectivity index (χ3v) is 3.09. The van der Waals surface area contributed by atoms with Crippen LogP contribution in [-0.4, -0.2) is 16.4 Å². The second-order valence-electron chi connectivity index (χ2n) is 3.86. The van der Waals surface area contributed by atoms with Crippen LogP contribution in [0.5, 0.6) is 0 Å². The predicted molar refractivity (Wildman–Crippen MR) is 61.0 cm³/mol. The molecule has 2 N–H and O–H groups in total. The molecule has 15 heavy (non-hydrogen) atoms. The van der Waals surface area contributed by atoms with Gasteiger partial charge in [0.05, 0.1) is 5.69 Å². The van der Waals surface area contributed by atoms with Gasteiger partial charge in [-0.15, -0.1) is 0 Å². The lowest BCUT2D eigenvalue weighted by atomic mass is 10.1. The summed E-state index contributed by atoms with van der Waals surface area (Å²) in [6.07, 6.45) is -0.115. The molecular weight excluding hydrogens is 212 g/mol. The maximum atomic E-state index is 11.7. The smallest absolute Gasteiger partial charge is 0.343 e. The molecule has 0 aliphatic rings. The fourth-order valence-electron chi connectivity index (χ4n) is 0.999. The number of hydrogen-bond acceptors (Lipinski definition) is 5. The average molecular weight is 228 g/mol. The van der Waals surface area contributed by atoms with Gasteiger partial charge in [0, 0.05) is 0 Å². The van der Waals surface area contributed by atoms with Crippen molar-refractivity contribution < 1.29 is 9.53 Å². The number of anilines is 1. The summed E-state index contributed by atoms with van der Waals surface area (Å²) in [6.45, 7) is 7.62. The third-order valence-electron chi connectivity index (χ3n) is 2.33. The maximum absolute atomic E-state index is 11.7. The molecule has 0 spiro atoms. The largest absolute Gasteiger partial charge is 0.459 e. The number of aryl methyl sites for hydroxylation is 1. The first-order chi connectivity index (χ1) is 6.93. The highest BCUT2D eigenvalue weighted by atomic mass is 32.1. The summed E-state index contributed by atoms with van der Waals surface area (Å²) in [5, 5.41) is 0.424. The van der Waals surface area contributed by atoms with Crippen LogP contribution in [0.4, 0.5) is 5.00 Å². The lowest BCUT2D eigenvalue weighted by Gasteiger charge is -2.16. The number of nitrogens with zero attached hydrogens (tertiary/aromatic N) is 1. The number of nitrogens with two attached hydrogens (primary N) is 1. The van der Waals surface area contributed by atoms with Crippen molar-refractivity contribution in [2.24, 2.45) is 5.92 Å². The molecule has 0 saturated heterocycles.